The summed E-state index contributed by atoms with van der Waals surface area (Å²) in [6, 6.07) is 15.5. The Morgan fingerprint density at radius 3 is 2.59 bits per heavy atom. The van der Waals surface area contributed by atoms with Gasteiger partial charge in [0.1, 0.15) is 17.3 Å². The molecule has 3 aromatic rings. The lowest BCUT2D eigenvalue weighted by molar-refractivity contribution is 0.101. The van der Waals surface area contributed by atoms with Gasteiger partial charge in [0.25, 0.3) is 0 Å². The maximum atomic E-state index is 12.9. The summed E-state index contributed by atoms with van der Waals surface area (Å²) >= 11 is 1.41. The van der Waals surface area contributed by atoms with Gasteiger partial charge < -0.3 is 14.0 Å². The number of methoxy groups -OCH3 is 2. The molecule has 4 rings (SSSR count). The van der Waals surface area contributed by atoms with Crippen molar-refractivity contribution in [3.8, 4) is 11.5 Å². The summed E-state index contributed by atoms with van der Waals surface area (Å²) in [5.74, 6) is 2.88. The van der Waals surface area contributed by atoms with E-state index < -0.39 is 0 Å². The Kier molecular flexibility index (Phi) is 5.85. The van der Waals surface area contributed by atoms with Crippen LogP contribution < -0.4 is 9.47 Å². The van der Waals surface area contributed by atoms with Gasteiger partial charge >= 0.3 is 0 Å². The van der Waals surface area contributed by atoms with Crippen LogP contribution in [0.4, 0.5) is 0 Å². The predicted molar refractivity (Wildman–Crippen MR) is 112 cm³/mol. The van der Waals surface area contributed by atoms with Crippen molar-refractivity contribution in [1.29, 1.82) is 0 Å². The Hall–Kier alpha value is -2.80. The van der Waals surface area contributed by atoms with Crippen LogP contribution in [0.25, 0.3) is 0 Å². The van der Waals surface area contributed by atoms with Crippen LogP contribution in [-0.4, -0.2) is 40.5 Å². The van der Waals surface area contributed by atoms with Gasteiger partial charge in [-0.2, -0.15) is 0 Å². The molecular formula is C22H23N3O3S. The standard InChI is InChI=1S/C22H23N3O3S/c1-27-17-10-11-20(28-2)18(12-17)19(26)14-29-22-24-23-21(16-8-9-16)25(22)13-15-6-4-3-5-7-15/h3-7,10-12,16H,8-9,13-14H2,1-2H3. The number of benzene rings is 2. The van der Waals surface area contributed by atoms with E-state index in [1.165, 1.54) is 17.3 Å². The fourth-order valence-electron chi connectivity index (χ4n) is 3.20. The maximum absolute atomic E-state index is 12.9. The molecule has 1 heterocycles. The Morgan fingerprint density at radius 1 is 1.10 bits per heavy atom. The number of carbonyl (C=O) groups is 1. The van der Waals surface area contributed by atoms with E-state index in [1.54, 1.807) is 32.4 Å². The van der Waals surface area contributed by atoms with Crippen LogP contribution in [0.1, 0.15) is 40.5 Å². The van der Waals surface area contributed by atoms with Gasteiger partial charge in [0, 0.05) is 5.92 Å². The van der Waals surface area contributed by atoms with Gasteiger partial charge in [-0.25, -0.2) is 0 Å². The molecule has 1 saturated carbocycles. The van der Waals surface area contributed by atoms with Crippen LogP contribution in [0.15, 0.2) is 53.7 Å². The zero-order valence-electron chi connectivity index (χ0n) is 16.5. The second kappa shape index (κ2) is 8.69. The molecule has 29 heavy (non-hydrogen) atoms. The molecule has 7 heteroatoms. The van der Waals surface area contributed by atoms with Gasteiger partial charge in [-0.15, -0.1) is 10.2 Å². The second-order valence-electron chi connectivity index (χ2n) is 6.96. The first-order chi connectivity index (χ1) is 14.2. The smallest absolute Gasteiger partial charge is 0.191 e. The zero-order valence-corrected chi connectivity index (χ0v) is 17.3. The van der Waals surface area contributed by atoms with Crippen molar-refractivity contribution >= 4 is 17.5 Å². The number of carbonyl (C=O) groups excluding carboxylic acids is 1. The molecule has 1 aliphatic rings. The summed E-state index contributed by atoms with van der Waals surface area (Å²) in [5.41, 5.74) is 1.70. The van der Waals surface area contributed by atoms with Gasteiger partial charge in [0.15, 0.2) is 10.9 Å². The van der Waals surface area contributed by atoms with Gasteiger partial charge in [-0.1, -0.05) is 42.1 Å². The molecule has 0 radical (unpaired) electrons. The predicted octanol–water partition coefficient (Wildman–Crippen LogP) is 4.20. The lowest BCUT2D eigenvalue weighted by Crippen LogP contribution is -2.09. The van der Waals surface area contributed by atoms with Crippen LogP contribution in [0.2, 0.25) is 0 Å². The minimum absolute atomic E-state index is 0.0343. The van der Waals surface area contributed by atoms with E-state index in [2.05, 4.69) is 26.9 Å². The Labute approximate surface area is 174 Å². The van der Waals surface area contributed by atoms with E-state index in [-0.39, 0.29) is 11.5 Å². The molecule has 150 valence electrons. The Bertz CT molecular complexity index is 1000. The van der Waals surface area contributed by atoms with Gasteiger partial charge in [0.2, 0.25) is 0 Å². The summed E-state index contributed by atoms with van der Waals surface area (Å²) in [5, 5.41) is 9.57. The summed E-state index contributed by atoms with van der Waals surface area (Å²) < 4.78 is 12.7. The second-order valence-corrected chi connectivity index (χ2v) is 7.91. The van der Waals surface area contributed by atoms with E-state index >= 15 is 0 Å². The summed E-state index contributed by atoms with van der Waals surface area (Å²) in [4.78, 5) is 12.9. The molecule has 1 aliphatic carbocycles. The normalized spacial score (nSPS) is 13.3. The summed E-state index contributed by atoms with van der Waals surface area (Å²) in [7, 11) is 3.14. The minimum Gasteiger partial charge on any atom is -0.497 e. The van der Waals surface area contributed by atoms with Crippen molar-refractivity contribution in [3.05, 3.63) is 65.5 Å². The zero-order chi connectivity index (χ0) is 20.2. The van der Waals surface area contributed by atoms with Crippen LogP contribution in [0.5, 0.6) is 11.5 Å². The van der Waals surface area contributed by atoms with Gasteiger partial charge in [0.05, 0.1) is 32.1 Å². The lowest BCUT2D eigenvalue weighted by Gasteiger charge is -2.11. The van der Waals surface area contributed by atoms with E-state index in [4.69, 9.17) is 9.47 Å². The maximum Gasteiger partial charge on any atom is 0.191 e. The number of rotatable bonds is 9. The van der Waals surface area contributed by atoms with Gasteiger partial charge in [-0.05, 0) is 36.6 Å². The molecule has 6 nitrogen and oxygen atoms in total. The van der Waals surface area contributed by atoms with Crippen LogP contribution in [0, 0.1) is 0 Å². The van der Waals surface area contributed by atoms with Crippen molar-refractivity contribution in [2.24, 2.45) is 0 Å². The topological polar surface area (TPSA) is 66.2 Å². The Morgan fingerprint density at radius 2 is 1.90 bits per heavy atom. The largest absolute Gasteiger partial charge is 0.497 e. The van der Waals surface area contributed by atoms with Crippen molar-refractivity contribution in [1.82, 2.24) is 14.8 Å². The SMILES string of the molecule is COc1ccc(OC)c(C(=O)CSc2nnc(C3CC3)n2Cc2ccccc2)c1. The molecule has 0 spiro atoms. The number of ether oxygens (including phenoxy) is 2. The highest BCUT2D eigenvalue weighted by Gasteiger charge is 2.30. The van der Waals surface area contributed by atoms with Crippen molar-refractivity contribution < 1.29 is 14.3 Å². The molecule has 1 fully saturated rings. The van der Waals surface area contributed by atoms with Crippen LogP contribution >= 0.6 is 11.8 Å². The highest BCUT2D eigenvalue weighted by atomic mass is 32.2. The number of Topliss-reactive ketones (excluding diaryl/α,β-unsaturated/α-hetero) is 1. The fraction of sp³-hybridized carbons (Fsp3) is 0.318. The number of ketones is 1. The molecular weight excluding hydrogens is 386 g/mol. The molecule has 2 aromatic carbocycles. The number of nitrogens with zero attached hydrogens (tertiary/aromatic N) is 3. The first-order valence-corrected chi connectivity index (χ1v) is 10.5. The summed E-state index contributed by atoms with van der Waals surface area (Å²) in [6.45, 7) is 0.707. The number of aromatic nitrogens is 3. The van der Waals surface area contributed by atoms with Crippen LogP contribution in [-0.2, 0) is 6.54 Å². The highest BCUT2D eigenvalue weighted by Crippen LogP contribution is 2.40. The first-order valence-electron chi connectivity index (χ1n) is 9.54. The average Bonchev–Trinajstić information content (AvgIpc) is 3.54. The van der Waals surface area contributed by atoms with Crippen molar-refractivity contribution in [2.75, 3.05) is 20.0 Å². The van der Waals surface area contributed by atoms with Crippen molar-refractivity contribution in [3.63, 3.8) is 0 Å². The van der Waals surface area contributed by atoms with E-state index in [0.29, 0.717) is 29.5 Å². The molecule has 1 aromatic heterocycles. The van der Waals surface area contributed by atoms with Crippen molar-refractivity contribution in [2.45, 2.75) is 30.5 Å². The number of hydrogen-bond donors (Lipinski definition) is 0. The van der Waals surface area contributed by atoms with Crippen LogP contribution in [0.3, 0.4) is 0 Å². The molecule has 0 aliphatic heterocycles. The Balaban J connectivity index is 1.53. The molecule has 0 amide bonds. The number of hydrogen-bond acceptors (Lipinski definition) is 6. The fourth-order valence-corrected chi connectivity index (χ4v) is 4.03. The third kappa shape index (κ3) is 4.45. The monoisotopic (exact) mass is 409 g/mol. The average molecular weight is 410 g/mol. The quantitative estimate of drug-likeness (QED) is 0.390. The molecule has 0 saturated heterocycles. The third-order valence-electron chi connectivity index (χ3n) is 4.91. The summed E-state index contributed by atoms with van der Waals surface area (Å²) in [6.07, 6.45) is 2.30. The third-order valence-corrected chi connectivity index (χ3v) is 5.88. The van der Waals surface area contributed by atoms with E-state index in [9.17, 15) is 4.79 Å². The molecule has 0 unspecified atom stereocenters. The minimum atomic E-state index is -0.0343. The van der Waals surface area contributed by atoms with E-state index in [1.807, 2.05) is 18.2 Å². The van der Waals surface area contributed by atoms with Gasteiger partial charge in [-0.3, -0.25) is 4.79 Å². The lowest BCUT2D eigenvalue weighted by atomic mass is 10.1. The molecule has 0 N–H and O–H groups in total. The number of thioether (sulfide) groups is 1. The highest BCUT2D eigenvalue weighted by molar-refractivity contribution is 7.99. The molecule has 0 bridgehead atoms. The van der Waals surface area contributed by atoms with E-state index in [0.717, 1.165) is 23.8 Å². The molecule has 0 atom stereocenters. The first kappa shape index (κ1) is 19.5.